The van der Waals surface area contributed by atoms with Gasteiger partial charge in [0.15, 0.2) is 0 Å². The van der Waals surface area contributed by atoms with Gasteiger partial charge in [-0.3, -0.25) is 0 Å². The van der Waals surface area contributed by atoms with E-state index >= 15 is 0 Å². The van der Waals surface area contributed by atoms with Gasteiger partial charge in [0, 0.05) is 6.54 Å². The molecule has 0 atom stereocenters. The van der Waals surface area contributed by atoms with Crippen molar-refractivity contribution in [3.63, 3.8) is 0 Å². The zero-order chi connectivity index (χ0) is 13.5. The van der Waals surface area contributed by atoms with Gasteiger partial charge in [-0.05, 0) is 74.7 Å². The molecule has 0 aromatic carbocycles. The Morgan fingerprint density at radius 2 is 1.40 bits per heavy atom. The van der Waals surface area contributed by atoms with E-state index in [9.17, 15) is 13.2 Å². The number of nitrogens with one attached hydrogen (secondary N) is 1. The highest BCUT2D eigenvalue weighted by molar-refractivity contribution is 5.85. The predicted octanol–water partition coefficient (Wildman–Crippen LogP) is 4.56. The first-order chi connectivity index (χ1) is 8.94. The van der Waals surface area contributed by atoms with Crippen LogP contribution in [0, 0.1) is 23.2 Å². The summed E-state index contributed by atoms with van der Waals surface area (Å²) in [6.07, 6.45) is 4.71. The Kier molecular flexibility index (Phi) is 4.95. The SMILES string of the molecule is Cl.FC(F)(F)CCNCCC12CC3CC(CC(C3)C1)C2. The Bertz CT molecular complexity index is 294. The zero-order valence-corrected chi connectivity index (χ0v) is 12.7. The molecule has 0 saturated heterocycles. The topological polar surface area (TPSA) is 12.0 Å². The van der Waals surface area contributed by atoms with E-state index in [0.717, 1.165) is 30.7 Å². The molecule has 5 heteroatoms. The summed E-state index contributed by atoms with van der Waals surface area (Å²) in [6, 6.07) is 0. The molecule has 1 nitrogen and oxygen atoms in total. The molecule has 4 rings (SSSR count). The van der Waals surface area contributed by atoms with Gasteiger partial charge in [-0.25, -0.2) is 0 Å². The van der Waals surface area contributed by atoms with Gasteiger partial charge in [-0.2, -0.15) is 13.2 Å². The normalized spacial score (nSPS) is 38.9. The lowest BCUT2D eigenvalue weighted by atomic mass is 9.49. The van der Waals surface area contributed by atoms with Crippen LogP contribution < -0.4 is 5.32 Å². The van der Waals surface area contributed by atoms with E-state index in [2.05, 4.69) is 5.32 Å². The van der Waals surface area contributed by atoms with Crippen molar-refractivity contribution in [2.75, 3.05) is 13.1 Å². The highest BCUT2D eigenvalue weighted by Crippen LogP contribution is 2.61. The smallest absolute Gasteiger partial charge is 0.316 e. The number of hydrogen-bond acceptors (Lipinski definition) is 1. The standard InChI is InChI=1S/C15H24F3N.ClH/c16-15(17,18)2-4-19-3-1-14-8-11-5-12(9-14)7-13(6-11)10-14;/h11-13,19H,1-10H2;1H. The maximum absolute atomic E-state index is 12.1. The van der Waals surface area contributed by atoms with Gasteiger partial charge in [0.05, 0.1) is 6.42 Å². The highest BCUT2D eigenvalue weighted by atomic mass is 35.5. The fraction of sp³-hybridized carbons (Fsp3) is 1.00. The van der Waals surface area contributed by atoms with Gasteiger partial charge in [-0.1, -0.05) is 0 Å². The summed E-state index contributed by atoms with van der Waals surface area (Å²) in [5, 5.41) is 3.00. The van der Waals surface area contributed by atoms with Crippen molar-refractivity contribution in [2.24, 2.45) is 23.2 Å². The van der Waals surface area contributed by atoms with Crippen molar-refractivity contribution in [3.8, 4) is 0 Å². The molecule has 118 valence electrons. The monoisotopic (exact) mass is 311 g/mol. The minimum Gasteiger partial charge on any atom is -0.316 e. The molecule has 4 aliphatic rings. The Hall–Kier alpha value is 0.0400. The van der Waals surface area contributed by atoms with E-state index in [1.165, 1.54) is 38.5 Å². The van der Waals surface area contributed by atoms with Crippen molar-refractivity contribution in [1.82, 2.24) is 5.32 Å². The Morgan fingerprint density at radius 3 is 1.85 bits per heavy atom. The molecule has 0 spiro atoms. The van der Waals surface area contributed by atoms with Crippen LogP contribution in [0.2, 0.25) is 0 Å². The first-order valence-corrected chi connectivity index (χ1v) is 7.72. The summed E-state index contributed by atoms with van der Waals surface area (Å²) in [4.78, 5) is 0. The van der Waals surface area contributed by atoms with E-state index in [0.29, 0.717) is 5.41 Å². The second-order valence-corrected chi connectivity index (χ2v) is 7.28. The molecule has 0 unspecified atom stereocenters. The predicted molar refractivity (Wildman–Crippen MR) is 76.0 cm³/mol. The molecule has 0 heterocycles. The summed E-state index contributed by atoms with van der Waals surface area (Å²) in [5.74, 6) is 2.80. The molecule has 4 fully saturated rings. The first kappa shape index (κ1) is 16.4. The highest BCUT2D eigenvalue weighted by Gasteiger charge is 2.50. The molecule has 4 saturated carbocycles. The van der Waals surface area contributed by atoms with Crippen LogP contribution in [0.25, 0.3) is 0 Å². The lowest BCUT2D eigenvalue weighted by molar-refractivity contribution is -0.133. The van der Waals surface area contributed by atoms with Gasteiger partial charge in [-0.15, -0.1) is 12.4 Å². The molecule has 0 aliphatic heterocycles. The minimum absolute atomic E-state index is 0. The van der Waals surface area contributed by atoms with E-state index in [-0.39, 0.29) is 19.0 Å². The van der Waals surface area contributed by atoms with E-state index in [4.69, 9.17) is 0 Å². The zero-order valence-electron chi connectivity index (χ0n) is 11.8. The summed E-state index contributed by atoms with van der Waals surface area (Å²) < 4.78 is 36.2. The third kappa shape index (κ3) is 3.82. The fourth-order valence-corrected chi connectivity index (χ4v) is 5.30. The van der Waals surface area contributed by atoms with Crippen molar-refractivity contribution < 1.29 is 13.2 Å². The molecule has 4 bridgehead atoms. The first-order valence-electron chi connectivity index (χ1n) is 7.72. The van der Waals surface area contributed by atoms with Crippen LogP contribution in [0.4, 0.5) is 13.2 Å². The second-order valence-electron chi connectivity index (χ2n) is 7.28. The number of halogens is 4. The number of hydrogen-bond donors (Lipinski definition) is 1. The van der Waals surface area contributed by atoms with Crippen molar-refractivity contribution in [1.29, 1.82) is 0 Å². The van der Waals surface area contributed by atoms with E-state index in [1.54, 1.807) is 0 Å². The summed E-state index contributed by atoms with van der Waals surface area (Å²) in [6.45, 7) is 0.845. The molecule has 0 radical (unpaired) electrons. The largest absolute Gasteiger partial charge is 0.390 e. The van der Waals surface area contributed by atoms with Crippen LogP contribution in [-0.2, 0) is 0 Å². The average Bonchev–Trinajstić information content (AvgIpc) is 2.24. The second kappa shape index (κ2) is 6.04. The Labute approximate surface area is 125 Å². The lowest BCUT2D eigenvalue weighted by Gasteiger charge is -2.57. The van der Waals surface area contributed by atoms with Gasteiger partial charge in [0.1, 0.15) is 0 Å². The molecular weight excluding hydrogens is 287 g/mol. The Morgan fingerprint density at radius 1 is 0.900 bits per heavy atom. The molecule has 0 aromatic rings. The van der Waals surface area contributed by atoms with Gasteiger partial charge in [0.25, 0.3) is 0 Å². The Balaban J connectivity index is 0.00000147. The third-order valence-electron chi connectivity index (χ3n) is 5.58. The quantitative estimate of drug-likeness (QED) is 0.734. The van der Waals surface area contributed by atoms with Crippen LogP contribution in [0.15, 0.2) is 0 Å². The lowest BCUT2D eigenvalue weighted by Crippen LogP contribution is -2.47. The molecule has 0 amide bonds. The van der Waals surface area contributed by atoms with Crippen molar-refractivity contribution in [3.05, 3.63) is 0 Å². The van der Waals surface area contributed by atoms with Crippen molar-refractivity contribution >= 4 is 12.4 Å². The number of rotatable bonds is 5. The summed E-state index contributed by atoms with van der Waals surface area (Å²) in [5.41, 5.74) is 0.486. The maximum atomic E-state index is 12.1. The van der Waals surface area contributed by atoms with Crippen LogP contribution in [-0.4, -0.2) is 19.3 Å². The van der Waals surface area contributed by atoms with Crippen LogP contribution in [0.5, 0.6) is 0 Å². The van der Waals surface area contributed by atoms with Crippen LogP contribution in [0.3, 0.4) is 0 Å². The fourth-order valence-electron chi connectivity index (χ4n) is 5.30. The van der Waals surface area contributed by atoms with Crippen LogP contribution >= 0.6 is 12.4 Å². The van der Waals surface area contributed by atoms with E-state index < -0.39 is 12.6 Å². The van der Waals surface area contributed by atoms with Crippen molar-refractivity contribution in [2.45, 2.75) is 57.5 Å². The molecule has 20 heavy (non-hydrogen) atoms. The third-order valence-corrected chi connectivity index (χ3v) is 5.58. The van der Waals surface area contributed by atoms with Crippen LogP contribution in [0.1, 0.15) is 51.4 Å². The summed E-state index contributed by atoms with van der Waals surface area (Å²) >= 11 is 0. The maximum Gasteiger partial charge on any atom is 0.390 e. The molecule has 4 aliphatic carbocycles. The molecule has 0 aromatic heterocycles. The summed E-state index contributed by atoms with van der Waals surface area (Å²) in [7, 11) is 0. The average molecular weight is 312 g/mol. The van der Waals surface area contributed by atoms with Gasteiger partial charge < -0.3 is 5.32 Å². The molecular formula is C15H25ClF3N. The van der Waals surface area contributed by atoms with E-state index in [1.807, 2.05) is 0 Å². The van der Waals surface area contributed by atoms with Gasteiger partial charge in [0.2, 0.25) is 0 Å². The minimum atomic E-state index is -4.02. The molecule has 1 N–H and O–H groups in total. The number of alkyl halides is 3. The van der Waals surface area contributed by atoms with Gasteiger partial charge >= 0.3 is 6.18 Å².